The molecule has 2 aliphatic heterocycles. The van der Waals surface area contributed by atoms with Crippen LogP contribution in [0.1, 0.15) is 46.6 Å². The number of hydrogen-bond donors (Lipinski definition) is 0. The summed E-state index contributed by atoms with van der Waals surface area (Å²) in [6, 6.07) is 17.1. The zero-order chi connectivity index (χ0) is 28.0. The average Bonchev–Trinajstić information content (AvgIpc) is 3.24. The van der Waals surface area contributed by atoms with Crippen LogP contribution in [0.4, 0.5) is 0 Å². The van der Waals surface area contributed by atoms with E-state index in [0.717, 1.165) is 0 Å². The molecule has 4 nitrogen and oxygen atoms in total. The van der Waals surface area contributed by atoms with E-state index in [9.17, 15) is 1.37 Å². The molecule has 0 aliphatic carbocycles. The normalized spacial score (nSPS) is 24.6. The van der Waals surface area contributed by atoms with Gasteiger partial charge in [-0.15, -0.1) is 0 Å². The largest absolute Gasteiger partial charge is 0.454 e. The summed E-state index contributed by atoms with van der Waals surface area (Å²) in [5, 5.41) is 0. The molecule has 0 radical (unpaired) electrons. The molecule has 0 unspecified atom stereocenters. The standard InChI is InChI=1S/C27H29NO3/c1-3-8-22(9-4-1)27(23-10-5-2-6-11-23)31-24-12-7-16-28(19-24)17-15-21-13-14-25-26(18-21)30-20-29-25/h1-6,8-11,13-14,18,24,27H,7,12,15-17,19-20H2/t24-/m1/s1/i13D,14D,15D2,18D,20D2,27D. The highest BCUT2D eigenvalue weighted by molar-refractivity contribution is 5.44. The van der Waals surface area contributed by atoms with Crippen LogP contribution in [-0.2, 0) is 11.1 Å². The molecule has 1 saturated heterocycles. The maximum absolute atomic E-state index is 9.36. The first-order chi connectivity index (χ1) is 18.4. The Hall–Kier alpha value is -2.82. The van der Waals surface area contributed by atoms with Crippen LogP contribution in [0.3, 0.4) is 0 Å². The first-order valence-electron chi connectivity index (χ1n) is 14.4. The van der Waals surface area contributed by atoms with Crippen molar-refractivity contribution in [1.29, 1.82) is 0 Å². The van der Waals surface area contributed by atoms with E-state index in [4.69, 9.17) is 23.8 Å². The Morgan fingerprint density at radius 3 is 2.52 bits per heavy atom. The van der Waals surface area contributed by atoms with Gasteiger partial charge in [-0.2, -0.15) is 0 Å². The van der Waals surface area contributed by atoms with Crippen LogP contribution in [0.5, 0.6) is 11.5 Å². The van der Waals surface area contributed by atoms with Crippen molar-refractivity contribution < 1.29 is 25.2 Å². The number of likely N-dealkylation sites (tertiary alicyclic amines) is 1. The van der Waals surface area contributed by atoms with Crippen molar-refractivity contribution in [1.82, 2.24) is 4.90 Å². The first-order valence-corrected chi connectivity index (χ1v) is 10.4. The summed E-state index contributed by atoms with van der Waals surface area (Å²) in [6.07, 6.45) is -2.69. The van der Waals surface area contributed by atoms with E-state index in [2.05, 4.69) is 0 Å². The Labute approximate surface area is 195 Å². The fourth-order valence-electron chi connectivity index (χ4n) is 3.81. The number of fused-ring (bicyclic) bond motifs is 1. The number of ether oxygens (including phenoxy) is 3. The van der Waals surface area contributed by atoms with Crippen LogP contribution >= 0.6 is 0 Å². The van der Waals surface area contributed by atoms with Gasteiger partial charge in [0.25, 0.3) is 0 Å². The molecule has 0 spiro atoms. The van der Waals surface area contributed by atoms with Gasteiger partial charge in [0.15, 0.2) is 11.5 Å². The predicted octanol–water partition coefficient (Wildman–Crippen LogP) is 5.23. The Morgan fingerprint density at radius 2 is 1.77 bits per heavy atom. The number of piperidine rings is 1. The van der Waals surface area contributed by atoms with Crippen LogP contribution in [0.15, 0.2) is 78.8 Å². The SMILES string of the molecule is [2H]c1c([2H])c(C([2H])([2H])CN2CCC[C@@H](OC([2H])(c3ccccc3)c3ccccc3)C2)c([2H])c2c1OC([2H])([2H])O2. The monoisotopic (exact) mass is 423 g/mol. The molecule has 2 heterocycles. The number of nitrogens with zero attached hydrogens (tertiary/aromatic N) is 1. The topological polar surface area (TPSA) is 30.9 Å². The predicted molar refractivity (Wildman–Crippen MR) is 122 cm³/mol. The second-order valence-corrected chi connectivity index (χ2v) is 7.55. The lowest BCUT2D eigenvalue weighted by molar-refractivity contribution is -0.0330. The van der Waals surface area contributed by atoms with Gasteiger partial charge in [0.1, 0.15) is 8.82 Å². The van der Waals surface area contributed by atoms with E-state index in [0.29, 0.717) is 37.1 Å². The van der Waals surface area contributed by atoms with E-state index in [1.807, 2.05) is 65.6 Å². The van der Waals surface area contributed by atoms with Crippen molar-refractivity contribution in [2.45, 2.75) is 31.4 Å². The van der Waals surface area contributed by atoms with Crippen LogP contribution in [0.2, 0.25) is 0 Å². The highest BCUT2D eigenvalue weighted by atomic mass is 16.7. The molecule has 0 bridgehead atoms. The zero-order valence-electron chi connectivity index (χ0n) is 25.1. The third-order valence-corrected chi connectivity index (χ3v) is 5.33. The molecule has 160 valence electrons. The van der Waals surface area contributed by atoms with Crippen molar-refractivity contribution in [2.24, 2.45) is 0 Å². The average molecular weight is 424 g/mol. The van der Waals surface area contributed by atoms with Gasteiger partial charge in [-0.25, -0.2) is 0 Å². The molecule has 3 aromatic rings. The lowest BCUT2D eigenvalue weighted by Crippen LogP contribution is -2.41. The smallest absolute Gasteiger partial charge is 0.231 e. The van der Waals surface area contributed by atoms with Gasteiger partial charge >= 0.3 is 0 Å². The molecular weight excluding hydrogens is 386 g/mol. The maximum atomic E-state index is 9.36. The van der Waals surface area contributed by atoms with E-state index >= 15 is 0 Å². The Morgan fingerprint density at radius 1 is 1.06 bits per heavy atom. The summed E-state index contributed by atoms with van der Waals surface area (Å²) in [6.45, 7) is -1.88. The third-order valence-electron chi connectivity index (χ3n) is 5.33. The lowest BCUT2D eigenvalue weighted by atomic mass is 10.00. The molecular formula is C27H29NO3. The van der Waals surface area contributed by atoms with Gasteiger partial charge in [-0.05, 0) is 54.5 Å². The quantitative estimate of drug-likeness (QED) is 0.521. The molecule has 2 aliphatic rings. The van der Waals surface area contributed by atoms with Gasteiger partial charge in [0, 0.05) is 15.8 Å². The Kier molecular flexibility index (Phi) is 3.97. The van der Waals surface area contributed by atoms with Gasteiger partial charge in [-0.1, -0.05) is 66.7 Å². The van der Waals surface area contributed by atoms with Gasteiger partial charge in [-0.3, -0.25) is 0 Å². The van der Waals surface area contributed by atoms with Crippen LogP contribution in [-0.4, -0.2) is 37.4 Å². The van der Waals surface area contributed by atoms with Crippen molar-refractivity contribution in [3.63, 3.8) is 0 Å². The molecule has 0 amide bonds. The van der Waals surface area contributed by atoms with Crippen molar-refractivity contribution in [2.75, 3.05) is 26.4 Å². The minimum Gasteiger partial charge on any atom is -0.454 e. The molecule has 0 saturated carbocycles. The lowest BCUT2D eigenvalue weighted by Gasteiger charge is -2.35. The second-order valence-electron chi connectivity index (χ2n) is 7.55. The molecule has 31 heavy (non-hydrogen) atoms. The van der Waals surface area contributed by atoms with Crippen molar-refractivity contribution >= 4 is 0 Å². The molecule has 4 heteroatoms. The van der Waals surface area contributed by atoms with Crippen LogP contribution < -0.4 is 9.47 Å². The van der Waals surface area contributed by atoms with Crippen molar-refractivity contribution in [3.8, 4) is 11.5 Å². The summed E-state index contributed by atoms with van der Waals surface area (Å²) >= 11 is 0. The van der Waals surface area contributed by atoms with E-state index in [-0.39, 0.29) is 29.7 Å². The minimum absolute atomic E-state index is 0.182. The van der Waals surface area contributed by atoms with E-state index < -0.39 is 37.3 Å². The number of benzene rings is 3. The molecule has 3 aromatic carbocycles. The summed E-state index contributed by atoms with van der Waals surface area (Å²) in [4.78, 5) is 1.84. The number of hydrogen-bond acceptors (Lipinski definition) is 4. The summed E-state index contributed by atoms with van der Waals surface area (Å²) in [7, 11) is 0. The molecule has 1 atom stereocenters. The summed E-state index contributed by atoms with van der Waals surface area (Å²) < 4.78 is 83.8. The molecule has 0 aromatic heterocycles. The highest BCUT2D eigenvalue weighted by Gasteiger charge is 2.25. The Balaban J connectivity index is 1.38. The zero-order valence-corrected chi connectivity index (χ0v) is 17.1. The fourth-order valence-corrected chi connectivity index (χ4v) is 3.81. The number of rotatable bonds is 7. The fraction of sp³-hybridized carbons (Fsp3) is 0.333. The summed E-state index contributed by atoms with van der Waals surface area (Å²) in [5.41, 5.74) is 1.02. The van der Waals surface area contributed by atoms with E-state index in [1.54, 1.807) is 0 Å². The molecule has 5 rings (SSSR count). The first kappa shape index (κ1) is 12.9. The van der Waals surface area contributed by atoms with Crippen LogP contribution in [0, 0.1) is 0 Å². The highest BCUT2D eigenvalue weighted by Crippen LogP contribution is 2.33. The van der Waals surface area contributed by atoms with E-state index in [1.165, 1.54) is 0 Å². The Bertz CT molecular complexity index is 1300. The molecule has 0 N–H and O–H groups in total. The van der Waals surface area contributed by atoms with Crippen molar-refractivity contribution in [3.05, 3.63) is 95.5 Å². The van der Waals surface area contributed by atoms with Gasteiger partial charge in [0.05, 0.1) is 11.6 Å². The second kappa shape index (κ2) is 9.54. The third kappa shape index (κ3) is 4.92. The van der Waals surface area contributed by atoms with Gasteiger partial charge in [0.2, 0.25) is 6.75 Å². The van der Waals surface area contributed by atoms with Crippen LogP contribution in [0.25, 0.3) is 0 Å². The molecule has 1 fully saturated rings. The minimum atomic E-state index is -2.59. The summed E-state index contributed by atoms with van der Waals surface area (Å²) in [5.74, 6) is -0.737. The van der Waals surface area contributed by atoms with Gasteiger partial charge < -0.3 is 19.1 Å². The maximum Gasteiger partial charge on any atom is 0.231 e.